The van der Waals surface area contributed by atoms with Crippen molar-refractivity contribution in [2.75, 3.05) is 19.6 Å². The molecule has 6 nitrogen and oxygen atoms in total. The number of methoxy groups -OCH3 is 2. The van der Waals surface area contributed by atoms with Crippen molar-refractivity contribution in [1.82, 2.24) is 14.9 Å². The lowest BCUT2D eigenvalue weighted by Crippen LogP contribution is -2.18. The summed E-state index contributed by atoms with van der Waals surface area (Å²) in [5.41, 5.74) is 4.29. The van der Waals surface area contributed by atoms with Gasteiger partial charge in [0.25, 0.3) is 0 Å². The molecule has 0 amide bonds. The molecule has 0 radical (unpaired) electrons. The van der Waals surface area contributed by atoms with Crippen molar-refractivity contribution in [1.29, 1.82) is 0 Å². The van der Waals surface area contributed by atoms with E-state index in [4.69, 9.17) is 21.7 Å². The van der Waals surface area contributed by atoms with Gasteiger partial charge in [-0.2, -0.15) is 5.10 Å². The van der Waals surface area contributed by atoms with Gasteiger partial charge in [0.1, 0.15) is 11.5 Å². The van der Waals surface area contributed by atoms with Crippen molar-refractivity contribution < 1.29 is 9.47 Å². The van der Waals surface area contributed by atoms with Crippen LogP contribution in [-0.2, 0) is 13.0 Å². The van der Waals surface area contributed by atoms with E-state index in [1.807, 2.05) is 22.9 Å². The Bertz CT molecular complexity index is 651. The summed E-state index contributed by atoms with van der Waals surface area (Å²) in [6.45, 7) is 2.69. The molecule has 0 aliphatic heterocycles. The van der Waals surface area contributed by atoms with E-state index in [1.165, 1.54) is 0 Å². The number of hydrogen-bond donors (Lipinski definition) is 2. The summed E-state index contributed by atoms with van der Waals surface area (Å²) >= 11 is 5.23. The SMILES string of the molecule is CCCc1n[nH]c(=S)n1NCc1ccc(OC)cc1OC. The highest BCUT2D eigenvalue weighted by Gasteiger charge is 2.08. The predicted molar refractivity (Wildman–Crippen MR) is 84.0 cm³/mol. The van der Waals surface area contributed by atoms with Crippen LogP contribution in [0.25, 0.3) is 0 Å². The fraction of sp³-hybridized carbons (Fsp3) is 0.429. The van der Waals surface area contributed by atoms with Crippen LogP contribution in [0.4, 0.5) is 0 Å². The Morgan fingerprint density at radius 1 is 1.33 bits per heavy atom. The molecule has 7 heteroatoms. The third kappa shape index (κ3) is 3.55. The lowest BCUT2D eigenvalue weighted by atomic mass is 10.2. The maximum Gasteiger partial charge on any atom is 0.214 e. The smallest absolute Gasteiger partial charge is 0.214 e. The van der Waals surface area contributed by atoms with Crippen molar-refractivity contribution in [2.24, 2.45) is 0 Å². The van der Waals surface area contributed by atoms with Gasteiger partial charge in [0.2, 0.25) is 4.77 Å². The Hall–Kier alpha value is -2.02. The van der Waals surface area contributed by atoms with Gasteiger partial charge in [-0.15, -0.1) is 0 Å². The number of nitrogens with one attached hydrogen (secondary N) is 2. The molecule has 0 unspecified atom stereocenters. The number of aromatic nitrogens is 3. The van der Waals surface area contributed by atoms with Crippen molar-refractivity contribution in [3.63, 3.8) is 0 Å². The first-order valence-corrected chi connectivity index (χ1v) is 7.21. The highest BCUT2D eigenvalue weighted by molar-refractivity contribution is 7.71. The number of aromatic amines is 1. The average molecular weight is 308 g/mol. The molecule has 2 aromatic rings. The van der Waals surface area contributed by atoms with Crippen LogP contribution >= 0.6 is 12.2 Å². The van der Waals surface area contributed by atoms with E-state index in [0.29, 0.717) is 11.3 Å². The van der Waals surface area contributed by atoms with E-state index in [0.717, 1.165) is 35.7 Å². The molecule has 1 heterocycles. The van der Waals surface area contributed by atoms with Crippen LogP contribution in [-0.4, -0.2) is 29.1 Å². The molecule has 1 aromatic carbocycles. The number of hydrogen-bond acceptors (Lipinski definition) is 5. The zero-order chi connectivity index (χ0) is 15.2. The number of H-pyrrole nitrogens is 1. The Morgan fingerprint density at radius 2 is 2.14 bits per heavy atom. The zero-order valence-electron chi connectivity index (χ0n) is 12.5. The Labute approximate surface area is 129 Å². The molecule has 21 heavy (non-hydrogen) atoms. The highest BCUT2D eigenvalue weighted by Crippen LogP contribution is 2.24. The van der Waals surface area contributed by atoms with Gasteiger partial charge in [0.05, 0.1) is 20.8 Å². The van der Waals surface area contributed by atoms with E-state index < -0.39 is 0 Å². The molecule has 0 fully saturated rings. The van der Waals surface area contributed by atoms with Crippen LogP contribution in [0.1, 0.15) is 24.7 Å². The third-order valence-corrected chi connectivity index (χ3v) is 3.41. The minimum atomic E-state index is 0.561. The van der Waals surface area contributed by atoms with Gasteiger partial charge < -0.3 is 14.9 Å². The molecule has 0 saturated heterocycles. The summed E-state index contributed by atoms with van der Waals surface area (Å²) in [6, 6.07) is 5.73. The summed E-state index contributed by atoms with van der Waals surface area (Å²) in [7, 11) is 3.28. The first kappa shape index (κ1) is 15.4. The van der Waals surface area contributed by atoms with Crippen LogP contribution in [0.5, 0.6) is 11.5 Å². The number of ether oxygens (including phenoxy) is 2. The van der Waals surface area contributed by atoms with Gasteiger partial charge in [-0.3, -0.25) is 5.10 Å². The standard InChI is InChI=1S/C14H20N4O2S/c1-4-5-13-16-17-14(21)18(13)15-9-10-6-7-11(19-2)8-12(10)20-3/h6-8,15H,4-5,9H2,1-3H3,(H,17,21). The van der Waals surface area contributed by atoms with E-state index in [2.05, 4.69) is 22.5 Å². The lowest BCUT2D eigenvalue weighted by Gasteiger charge is -2.13. The van der Waals surface area contributed by atoms with Crippen LogP contribution in [0.15, 0.2) is 18.2 Å². The minimum Gasteiger partial charge on any atom is -0.497 e. The average Bonchev–Trinajstić information content (AvgIpc) is 2.85. The summed E-state index contributed by atoms with van der Waals surface area (Å²) in [5.74, 6) is 2.44. The van der Waals surface area contributed by atoms with Gasteiger partial charge in [0, 0.05) is 18.1 Å². The van der Waals surface area contributed by atoms with Crippen LogP contribution in [0.2, 0.25) is 0 Å². The summed E-state index contributed by atoms with van der Waals surface area (Å²) < 4.78 is 13.0. The first-order chi connectivity index (χ1) is 10.2. The molecule has 0 bridgehead atoms. The van der Waals surface area contributed by atoms with E-state index in [1.54, 1.807) is 14.2 Å². The quantitative estimate of drug-likeness (QED) is 0.770. The van der Waals surface area contributed by atoms with E-state index in [9.17, 15) is 0 Å². The number of aryl methyl sites for hydroxylation is 1. The fourth-order valence-corrected chi connectivity index (χ4v) is 2.26. The van der Waals surface area contributed by atoms with Crippen molar-refractivity contribution in [3.05, 3.63) is 34.4 Å². The van der Waals surface area contributed by atoms with E-state index >= 15 is 0 Å². The molecule has 1 aromatic heterocycles. The first-order valence-electron chi connectivity index (χ1n) is 6.80. The van der Waals surface area contributed by atoms with Gasteiger partial charge >= 0.3 is 0 Å². The molecule has 114 valence electrons. The van der Waals surface area contributed by atoms with Gasteiger partial charge in [-0.1, -0.05) is 6.92 Å². The molecule has 0 aliphatic rings. The molecule has 2 N–H and O–H groups in total. The maximum atomic E-state index is 5.39. The fourth-order valence-electron chi connectivity index (χ4n) is 2.05. The number of benzene rings is 1. The molecule has 0 aliphatic carbocycles. The summed E-state index contributed by atoms with van der Waals surface area (Å²) in [6.07, 6.45) is 1.87. The Balaban J connectivity index is 2.16. The second-order valence-electron chi connectivity index (χ2n) is 4.54. The highest BCUT2D eigenvalue weighted by atomic mass is 32.1. The molecule has 2 rings (SSSR count). The van der Waals surface area contributed by atoms with Crippen LogP contribution in [0, 0.1) is 4.77 Å². The molecule has 0 atom stereocenters. The largest absolute Gasteiger partial charge is 0.497 e. The van der Waals surface area contributed by atoms with Gasteiger partial charge in [0.15, 0.2) is 5.82 Å². The zero-order valence-corrected chi connectivity index (χ0v) is 13.3. The number of rotatable bonds is 7. The number of nitrogens with zero attached hydrogens (tertiary/aromatic N) is 2. The lowest BCUT2D eigenvalue weighted by molar-refractivity contribution is 0.391. The van der Waals surface area contributed by atoms with Crippen LogP contribution < -0.4 is 14.9 Å². The second kappa shape index (κ2) is 7.12. The van der Waals surface area contributed by atoms with Gasteiger partial charge in [-0.05, 0) is 30.8 Å². The normalized spacial score (nSPS) is 10.4. The third-order valence-electron chi connectivity index (χ3n) is 3.14. The molecule has 0 saturated carbocycles. The predicted octanol–water partition coefficient (Wildman–Crippen LogP) is 2.65. The van der Waals surface area contributed by atoms with Crippen molar-refractivity contribution in [2.45, 2.75) is 26.3 Å². The van der Waals surface area contributed by atoms with E-state index in [-0.39, 0.29) is 0 Å². The monoisotopic (exact) mass is 308 g/mol. The summed E-state index contributed by atoms with van der Waals surface area (Å²) in [5, 5.41) is 7.03. The van der Waals surface area contributed by atoms with Crippen molar-refractivity contribution >= 4 is 12.2 Å². The molecule has 0 spiro atoms. The van der Waals surface area contributed by atoms with Crippen molar-refractivity contribution in [3.8, 4) is 11.5 Å². The Kier molecular flexibility index (Phi) is 5.21. The maximum absolute atomic E-state index is 5.39. The van der Waals surface area contributed by atoms with Gasteiger partial charge in [-0.25, -0.2) is 4.68 Å². The van der Waals surface area contributed by atoms with Crippen LogP contribution in [0.3, 0.4) is 0 Å². The minimum absolute atomic E-state index is 0.561. The Morgan fingerprint density at radius 3 is 2.81 bits per heavy atom. The second-order valence-corrected chi connectivity index (χ2v) is 4.93. The topological polar surface area (TPSA) is 64.1 Å². The summed E-state index contributed by atoms with van der Waals surface area (Å²) in [4.78, 5) is 0. The molecular weight excluding hydrogens is 288 g/mol. The molecular formula is C14H20N4O2S.